The summed E-state index contributed by atoms with van der Waals surface area (Å²) in [7, 11) is 0. The molecule has 3 aromatic rings. The zero-order valence-corrected chi connectivity index (χ0v) is 27.0. The molecule has 3 heterocycles. The van der Waals surface area contributed by atoms with Gasteiger partial charge in [-0.25, -0.2) is 19.4 Å². The molecule has 4 rings (SSSR count). The number of hydrogen-bond donors (Lipinski definition) is 0. The quantitative estimate of drug-likeness (QED) is 0.198. The van der Waals surface area contributed by atoms with E-state index in [1.165, 1.54) is 6.20 Å². The highest BCUT2D eigenvalue weighted by atomic mass is 127. The van der Waals surface area contributed by atoms with Gasteiger partial charge < -0.3 is 18.6 Å². The summed E-state index contributed by atoms with van der Waals surface area (Å²) in [6.45, 7) is 16.3. The minimum atomic E-state index is -0.920. The summed E-state index contributed by atoms with van der Waals surface area (Å²) in [6.07, 6.45) is 1.50. The van der Waals surface area contributed by atoms with Crippen LogP contribution in [0.5, 0.6) is 0 Å². The number of hydrogen-bond acceptors (Lipinski definition) is 8. The Balaban J connectivity index is 1.82. The van der Waals surface area contributed by atoms with Crippen molar-refractivity contribution in [3.63, 3.8) is 0 Å². The second-order valence-electron chi connectivity index (χ2n) is 12.8. The highest BCUT2D eigenvalue weighted by molar-refractivity contribution is 14.1. The Bertz CT molecular complexity index is 1480. The van der Waals surface area contributed by atoms with E-state index in [0.717, 1.165) is 21.7 Å². The van der Waals surface area contributed by atoms with Crippen LogP contribution in [-0.4, -0.2) is 46.6 Å². The lowest BCUT2D eigenvalue weighted by Crippen LogP contribution is -2.44. The third-order valence-electron chi connectivity index (χ3n) is 5.80. The molecule has 0 unspecified atom stereocenters. The minimum Gasteiger partial charge on any atom is -0.462 e. The van der Waals surface area contributed by atoms with Crippen LogP contribution in [0.15, 0.2) is 35.1 Å². The average Bonchev–Trinajstić information content (AvgIpc) is 3.42. The molecule has 0 saturated heterocycles. The van der Waals surface area contributed by atoms with Crippen LogP contribution < -0.4 is 9.80 Å². The summed E-state index contributed by atoms with van der Waals surface area (Å²) in [6, 6.07) is 5.70. The van der Waals surface area contributed by atoms with Crippen molar-refractivity contribution in [2.45, 2.75) is 85.5 Å². The van der Waals surface area contributed by atoms with E-state index >= 15 is 0 Å². The monoisotopic (exact) mass is 677 g/mol. The molecule has 11 heteroatoms. The van der Waals surface area contributed by atoms with Gasteiger partial charge in [-0.2, -0.15) is 4.90 Å². The lowest BCUT2D eigenvalue weighted by atomic mass is 10.0. The van der Waals surface area contributed by atoms with E-state index in [1.54, 1.807) is 52.7 Å². The summed E-state index contributed by atoms with van der Waals surface area (Å²) in [4.78, 5) is 46.6. The van der Waals surface area contributed by atoms with Gasteiger partial charge in [0, 0.05) is 18.3 Å². The first-order valence-electron chi connectivity index (χ1n) is 13.3. The fraction of sp³-hybridized carbons (Fsp3) is 0.467. The molecule has 10 nitrogen and oxygen atoms in total. The van der Waals surface area contributed by atoms with Crippen LogP contribution in [0.2, 0.25) is 0 Å². The third-order valence-corrected chi connectivity index (χ3v) is 6.56. The largest absolute Gasteiger partial charge is 0.462 e. The molecule has 3 amide bonds. The second kappa shape index (κ2) is 10.8. The van der Waals surface area contributed by atoms with Crippen LogP contribution in [-0.2, 0) is 20.6 Å². The number of furan rings is 1. The van der Waals surface area contributed by atoms with Crippen molar-refractivity contribution in [1.82, 2.24) is 4.98 Å². The molecule has 0 N–H and O–H groups in total. The van der Waals surface area contributed by atoms with Crippen molar-refractivity contribution < 1.29 is 33.0 Å². The van der Waals surface area contributed by atoms with Gasteiger partial charge in [-0.1, -0.05) is 6.07 Å². The molecule has 0 fully saturated rings. The highest BCUT2D eigenvalue weighted by Crippen LogP contribution is 2.41. The van der Waals surface area contributed by atoms with E-state index in [4.69, 9.17) is 18.6 Å². The van der Waals surface area contributed by atoms with Crippen molar-refractivity contribution in [2.75, 3.05) is 16.3 Å². The number of rotatable bonds is 2. The number of aromatic nitrogens is 1. The number of carbonyl (C=O) groups excluding carboxylic acids is 3. The summed E-state index contributed by atoms with van der Waals surface area (Å²) >= 11 is 2.09. The van der Waals surface area contributed by atoms with Crippen molar-refractivity contribution in [3.8, 4) is 11.1 Å². The number of ether oxygens (including phenoxy) is 3. The van der Waals surface area contributed by atoms with Gasteiger partial charge in [-0.05, 0) is 115 Å². The number of nitrogens with zero attached hydrogens (tertiary/aromatic N) is 3. The predicted molar refractivity (Wildman–Crippen MR) is 164 cm³/mol. The number of halogens is 1. The molecule has 0 radical (unpaired) electrons. The van der Waals surface area contributed by atoms with E-state index in [0.29, 0.717) is 33.1 Å². The number of amides is 3. The van der Waals surface area contributed by atoms with E-state index < -0.39 is 35.1 Å². The standard InChI is InChI=1S/C30H36IN3O7/c1-28(2,3)39-25(35)33-13-12-18-14-17(10-11-21(18)33)19-16-38-23-20(31)15-32-24(22(19)23)34(26(36)40-29(4,5)6)27(37)41-30(7,8)9/h10-11,14-16H,12-13H2,1-9H3. The fourth-order valence-electron chi connectivity index (χ4n) is 4.32. The van der Waals surface area contributed by atoms with Crippen LogP contribution in [0.3, 0.4) is 0 Å². The Morgan fingerprint density at radius 3 is 2.07 bits per heavy atom. The van der Waals surface area contributed by atoms with Gasteiger partial charge in [0.25, 0.3) is 0 Å². The predicted octanol–water partition coefficient (Wildman–Crippen LogP) is 8.07. The van der Waals surface area contributed by atoms with E-state index in [2.05, 4.69) is 27.6 Å². The van der Waals surface area contributed by atoms with Crippen LogP contribution in [0.1, 0.15) is 67.9 Å². The topological polar surface area (TPSA) is 111 Å². The van der Waals surface area contributed by atoms with Gasteiger partial charge in [0.1, 0.15) is 16.8 Å². The minimum absolute atomic E-state index is 0.0311. The van der Waals surface area contributed by atoms with Gasteiger partial charge >= 0.3 is 18.3 Å². The Morgan fingerprint density at radius 2 is 1.51 bits per heavy atom. The molecular weight excluding hydrogens is 641 g/mol. The number of anilines is 2. The molecular formula is C30H36IN3O7. The van der Waals surface area contributed by atoms with Crippen LogP contribution in [0.4, 0.5) is 25.9 Å². The number of fused-ring (bicyclic) bond motifs is 2. The highest BCUT2D eigenvalue weighted by Gasteiger charge is 2.36. The molecule has 2 aromatic heterocycles. The number of pyridine rings is 1. The van der Waals surface area contributed by atoms with E-state index in [9.17, 15) is 14.4 Å². The Kier molecular flexibility index (Phi) is 8.07. The van der Waals surface area contributed by atoms with Gasteiger partial charge in [0.2, 0.25) is 0 Å². The lowest BCUT2D eigenvalue weighted by Gasteiger charge is -2.28. The molecule has 0 aliphatic carbocycles. The summed E-state index contributed by atoms with van der Waals surface area (Å²) in [5, 5.41) is 0.454. The van der Waals surface area contributed by atoms with Crippen LogP contribution in [0, 0.1) is 3.57 Å². The van der Waals surface area contributed by atoms with Gasteiger partial charge in [0.15, 0.2) is 11.4 Å². The smallest absolute Gasteiger partial charge is 0.425 e. The Morgan fingerprint density at radius 1 is 0.927 bits per heavy atom. The van der Waals surface area contributed by atoms with Crippen LogP contribution >= 0.6 is 22.6 Å². The molecule has 0 saturated carbocycles. The summed E-state index contributed by atoms with van der Waals surface area (Å²) < 4.78 is 23.4. The first-order chi connectivity index (χ1) is 18.8. The molecule has 1 aromatic carbocycles. The van der Waals surface area contributed by atoms with Gasteiger partial charge in [0.05, 0.1) is 20.9 Å². The Hall–Kier alpha value is -3.35. The average molecular weight is 678 g/mol. The SMILES string of the molecule is CC(C)(C)OC(=O)N1CCc2cc(-c3coc4c(I)cnc(N(C(=O)OC(C)(C)C)C(=O)OC(C)(C)C)c34)ccc21. The lowest BCUT2D eigenvalue weighted by molar-refractivity contribution is 0.0428. The van der Waals surface area contributed by atoms with E-state index in [1.807, 2.05) is 39.0 Å². The summed E-state index contributed by atoms with van der Waals surface area (Å²) in [5.74, 6) is 0.0311. The molecule has 0 atom stereocenters. The molecule has 1 aliphatic heterocycles. The van der Waals surface area contributed by atoms with Crippen molar-refractivity contribution in [3.05, 3.63) is 39.8 Å². The second-order valence-corrected chi connectivity index (χ2v) is 14.0. The summed E-state index contributed by atoms with van der Waals surface area (Å²) in [5.41, 5.74) is 1.22. The zero-order valence-electron chi connectivity index (χ0n) is 24.9. The maximum atomic E-state index is 13.4. The van der Waals surface area contributed by atoms with Crippen molar-refractivity contribution in [2.24, 2.45) is 0 Å². The first kappa shape index (κ1) is 30.6. The molecule has 220 valence electrons. The normalized spacial score (nSPS) is 13.7. The third kappa shape index (κ3) is 6.94. The fourth-order valence-corrected chi connectivity index (χ4v) is 4.85. The number of imide groups is 1. The zero-order chi connectivity index (χ0) is 30.5. The first-order valence-corrected chi connectivity index (χ1v) is 14.4. The molecule has 0 bridgehead atoms. The van der Waals surface area contributed by atoms with E-state index in [-0.39, 0.29) is 5.82 Å². The number of carbonyl (C=O) groups is 3. The molecule has 41 heavy (non-hydrogen) atoms. The number of benzene rings is 1. The maximum Gasteiger partial charge on any atom is 0.425 e. The van der Waals surface area contributed by atoms with Gasteiger partial charge in [-0.3, -0.25) is 4.90 Å². The Labute approximate surface area is 253 Å². The maximum absolute atomic E-state index is 13.4. The van der Waals surface area contributed by atoms with Crippen LogP contribution in [0.25, 0.3) is 22.1 Å². The molecule has 1 aliphatic rings. The van der Waals surface area contributed by atoms with Gasteiger partial charge in [-0.15, -0.1) is 0 Å². The van der Waals surface area contributed by atoms with Crippen molar-refractivity contribution in [1.29, 1.82) is 0 Å². The van der Waals surface area contributed by atoms with Crippen molar-refractivity contribution >= 4 is 63.3 Å². The molecule has 0 spiro atoms.